The Bertz CT molecular complexity index is 993. The highest BCUT2D eigenvalue weighted by Crippen LogP contribution is 2.27. The van der Waals surface area contributed by atoms with Crippen LogP contribution >= 0.6 is 24.8 Å². The van der Waals surface area contributed by atoms with Gasteiger partial charge in [0.1, 0.15) is 12.4 Å². The maximum Gasteiger partial charge on any atom is 0.405 e. The molecule has 13 heteroatoms. The molecule has 1 saturated carbocycles. The maximum absolute atomic E-state index is 12.5. The smallest absolute Gasteiger partial charge is 0.396 e. The first-order valence-electron chi connectivity index (χ1n) is 10.5. The Morgan fingerprint density at radius 1 is 1.18 bits per heavy atom. The lowest BCUT2D eigenvalue weighted by molar-refractivity contribution is -0.123. The van der Waals surface area contributed by atoms with Crippen molar-refractivity contribution in [2.24, 2.45) is 0 Å². The summed E-state index contributed by atoms with van der Waals surface area (Å²) in [6.45, 7) is 0.308. The highest BCUT2D eigenvalue weighted by molar-refractivity contribution is 5.96. The first kappa shape index (κ1) is 29.7. The number of halogens is 5. The second-order valence-corrected chi connectivity index (χ2v) is 7.95. The quantitative estimate of drug-likeness (QED) is 0.277. The van der Waals surface area contributed by atoms with Crippen molar-refractivity contribution >= 4 is 53.3 Å². The zero-order valence-electron chi connectivity index (χ0n) is 18.5. The highest BCUT2D eigenvalue weighted by Gasteiger charge is 2.30. The fourth-order valence-electron chi connectivity index (χ4n) is 3.77. The third-order valence-electron chi connectivity index (χ3n) is 5.31. The number of carbonyl (C=O) groups excluding carboxylic acids is 1. The maximum atomic E-state index is 12.5. The van der Waals surface area contributed by atoms with Crippen LogP contribution in [-0.4, -0.2) is 58.2 Å². The molecule has 3 rings (SSSR count). The minimum absolute atomic E-state index is 0. The molecule has 0 unspecified atom stereocenters. The minimum Gasteiger partial charge on any atom is -0.396 e. The summed E-state index contributed by atoms with van der Waals surface area (Å²) in [5.74, 6) is -0.748. The molecular weight excluding hydrogens is 496 g/mol. The fourth-order valence-corrected chi connectivity index (χ4v) is 3.77. The summed E-state index contributed by atoms with van der Waals surface area (Å²) in [4.78, 5) is 20.7. The van der Waals surface area contributed by atoms with E-state index in [-0.39, 0.29) is 61.6 Å². The molecule has 2 aromatic rings. The van der Waals surface area contributed by atoms with Crippen LogP contribution < -0.4 is 16.0 Å². The monoisotopic (exact) mass is 524 g/mol. The molecule has 0 aliphatic heterocycles. The number of hydrogen-bond acceptors (Lipinski definition) is 6. The molecule has 0 saturated heterocycles. The number of nitrogens with one attached hydrogen (secondary N) is 4. The number of aryl methyl sites for hydroxylation is 1. The van der Waals surface area contributed by atoms with Gasteiger partial charge in [0, 0.05) is 23.9 Å². The van der Waals surface area contributed by atoms with E-state index in [1.54, 1.807) is 12.1 Å². The molecule has 0 bridgehead atoms. The van der Waals surface area contributed by atoms with Gasteiger partial charge in [-0.05, 0) is 31.9 Å². The largest absolute Gasteiger partial charge is 0.405 e. The van der Waals surface area contributed by atoms with Crippen LogP contribution in [0.1, 0.15) is 48.3 Å². The Morgan fingerprint density at radius 2 is 1.85 bits per heavy atom. The van der Waals surface area contributed by atoms with Crippen LogP contribution in [-0.2, 0) is 0 Å². The van der Waals surface area contributed by atoms with E-state index < -0.39 is 18.6 Å². The lowest BCUT2D eigenvalue weighted by atomic mass is 9.90. The van der Waals surface area contributed by atoms with Crippen LogP contribution in [0.15, 0.2) is 18.2 Å². The van der Waals surface area contributed by atoms with Crippen LogP contribution in [0, 0.1) is 12.3 Å². The van der Waals surface area contributed by atoms with E-state index in [4.69, 9.17) is 10.5 Å². The fraction of sp³-hybridized carbons (Fsp3) is 0.524. The number of hydrogen-bond donors (Lipinski definition) is 5. The number of alkyl halides is 3. The third kappa shape index (κ3) is 8.14. The molecule has 0 spiro atoms. The van der Waals surface area contributed by atoms with Crippen molar-refractivity contribution in [3.63, 3.8) is 0 Å². The van der Waals surface area contributed by atoms with Gasteiger partial charge in [0.2, 0.25) is 5.82 Å². The lowest BCUT2D eigenvalue weighted by Gasteiger charge is -2.34. The predicted octanol–water partition coefficient (Wildman–Crippen LogP) is 3.75. The first-order chi connectivity index (χ1) is 15.2. The van der Waals surface area contributed by atoms with E-state index in [1.165, 1.54) is 0 Å². The minimum atomic E-state index is -4.54. The molecule has 1 aromatic heterocycles. The summed E-state index contributed by atoms with van der Waals surface area (Å²) in [5, 5.41) is 26.0. The predicted molar refractivity (Wildman–Crippen MR) is 129 cm³/mol. The number of aliphatic hydroxyl groups excluding tert-OH is 1. The SMILES string of the molecule is Cc1ccc2nc(C(=O)NCC(F)(F)F)nc(N[C@H]3CCCC[C@H]3NC(=N)CCO)c2c1.Cl.Cl. The third-order valence-corrected chi connectivity index (χ3v) is 5.31. The van der Waals surface area contributed by atoms with Crippen LogP contribution in [0.3, 0.4) is 0 Å². The normalized spacial score (nSPS) is 17.8. The number of nitrogens with zero attached hydrogens (tertiary/aromatic N) is 2. The number of carbonyl (C=O) groups is 1. The van der Waals surface area contributed by atoms with E-state index >= 15 is 0 Å². The number of benzene rings is 1. The first-order valence-corrected chi connectivity index (χ1v) is 10.5. The Balaban J connectivity index is 0.00000289. The molecule has 190 valence electrons. The summed E-state index contributed by atoms with van der Waals surface area (Å²) in [5.41, 5.74) is 1.39. The molecule has 8 nitrogen and oxygen atoms in total. The number of aromatic nitrogens is 2. The van der Waals surface area contributed by atoms with Crippen LogP contribution in [0.5, 0.6) is 0 Å². The van der Waals surface area contributed by atoms with Gasteiger partial charge in [0.15, 0.2) is 0 Å². The Hall–Kier alpha value is -2.37. The van der Waals surface area contributed by atoms with Crippen molar-refractivity contribution in [3.05, 3.63) is 29.6 Å². The molecular formula is C21H29Cl2F3N6O2. The van der Waals surface area contributed by atoms with Gasteiger partial charge < -0.3 is 21.1 Å². The van der Waals surface area contributed by atoms with Crippen molar-refractivity contribution in [3.8, 4) is 0 Å². The number of fused-ring (bicyclic) bond motifs is 1. The van der Waals surface area contributed by atoms with Gasteiger partial charge in [0.25, 0.3) is 5.91 Å². The molecule has 1 aliphatic rings. The van der Waals surface area contributed by atoms with E-state index in [1.807, 2.05) is 18.3 Å². The average molecular weight is 525 g/mol. The average Bonchev–Trinajstić information content (AvgIpc) is 2.73. The zero-order valence-corrected chi connectivity index (χ0v) is 20.2. The second kappa shape index (κ2) is 12.9. The summed E-state index contributed by atoms with van der Waals surface area (Å²) in [6, 6.07) is 5.16. The van der Waals surface area contributed by atoms with Crippen molar-refractivity contribution in [2.75, 3.05) is 18.5 Å². The molecule has 0 radical (unpaired) electrons. The highest BCUT2D eigenvalue weighted by atomic mass is 35.5. The summed E-state index contributed by atoms with van der Waals surface area (Å²) < 4.78 is 37.5. The zero-order chi connectivity index (χ0) is 23.3. The van der Waals surface area contributed by atoms with Crippen LogP contribution in [0.25, 0.3) is 10.9 Å². The summed E-state index contributed by atoms with van der Waals surface area (Å²) in [6.07, 6.45) is -0.766. The van der Waals surface area contributed by atoms with E-state index in [0.29, 0.717) is 16.7 Å². The van der Waals surface area contributed by atoms with Gasteiger partial charge in [0.05, 0.1) is 18.0 Å². The van der Waals surface area contributed by atoms with E-state index in [2.05, 4.69) is 20.6 Å². The Labute approximate surface area is 207 Å². The van der Waals surface area contributed by atoms with Gasteiger partial charge in [-0.15, -0.1) is 24.8 Å². The molecule has 1 aliphatic carbocycles. The van der Waals surface area contributed by atoms with E-state index in [9.17, 15) is 18.0 Å². The molecule has 1 fully saturated rings. The summed E-state index contributed by atoms with van der Waals surface area (Å²) in [7, 11) is 0. The van der Waals surface area contributed by atoms with Crippen molar-refractivity contribution in [1.82, 2.24) is 20.6 Å². The van der Waals surface area contributed by atoms with Crippen LogP contribution in [0.4, 0.5) is 19.0 Å². The van der Waals surface area contributed by atoms with Crippen LogP contribution in [0.2, 0.25) is 0 Å². The van der Waals surface area contributed by atoms with Gasteiger partial charge >= 0.3 is 6.18 Å². The lowest BCUT2D eigenvalue weighted by Crippen LogP contribution is -2.48. The van der Waals surface area contributed by atoms with Gasteiger partial charge in [-0.2, -0.15) is 13.2 Å². The topological polar surface area (TPSA) is 123 Å². The van der Waals surface area contributed by atoms with Crippen molar-refractivity contribution in [2.45, 2.75) is 57.3 Å². The molecule has 34 heavy (non-hydrogen) atoms. The number of amidine groups is 1. The Kier molecular flexibility index (Phi) is 11.3. The summed E-state index contributed by atoms with van der Waals surface area (Å²) >= 11 is 0. The number of anilines is 1. The Morgan fingerprint density at radius 3 is 2.50 bits per heavy atom. The molecule has 1 heterocycles. The molecule has 5 N–H and O–H groups in total. The number of amides is 1. The van der Waals surface area contributed by atoms with Gasteiger partial charge in [-0.1, -0.05) is 24.5 Å². The molecule has 2 atom stereocenters. The molecule has 1 amide bonds. The van der Waals surface area contributed by atoms with Gasteiger partial charge in [-0.25, -0.2) is 9.97 Å². The standard InChI is InChI=1S/C21H27F3N6O2.2ClH/c1-12-6-7-14-13(10-12)18(30-19(28-14)20(32)26-11-21(22,23)24)29-16-5-3-2-4-15(16)27-17(25)8-9-31;;/h6-7,10,15-16,31H,2-5,8-9,11H2,1H3,(H2,25,27)(H,26,32)(H,28,29,30);2*1H/t15-,16+;;/m1../s1. The van der Waals surface area contributed by atoms with E-state index in [0.717, 1.165) is 31.2 Å². The number of rotatable bonds is 7. The molecule has 1 aromatic carbocycles. The number of aliphatic hydroxyl groups is 1. The second-order valence-electron chi connectivity index (χ2n) is 7.95. The van der Waals surface area contributed by atoms with Crippen molar-refractivity contribution < 1.29 is 23.1 Å². The van der Waals surface area contributed by atoms with Crippen molar-refractivity contribution in [1.29, 1.82) is 5.41 Å². The van der Waals surface area contributed by atoms with Gasteiger partial charge in [-0.3, -0.25) is 10.2 Å².